The van der Waals surface area contributed by atoms with Gasteiger partial charge in [0, 0.05) is 13.0 Å². The number of para-hydroxylation sites is 1. The summed E-state index contributed by atoms with van der Waals surface area (Å²) in [5.74, 6) is -0.795. The topological polar surface area (TPSA) is 117 Å². The van der Waals surface area contributed by atoms with Gasteiger partial charge in [-0.25, -0.2) is 9.79 Å². The Bertz CT molecular complexity index is 1060. The average Bonchev–Trinajstić information content (AvgIpc) is 3.04. The van der Waals surface area contributed by atoms with Gasteiger partial charge in [-0.1, -0.05) is 18.2 Å². The molecule has 0 amide bonds. The second-order valence-corrected chi connectivity index (χ2v) is 5.84. The van der Waals surface area contributed by atoms with Crippen LogP contribution in [0.3, 0.4) is 0 Å². The molecule has 1 aliphatic rings. The van der Waals surface area contributed by atoms with Crippen molar-refractivity contribution in [3.05, 3.63) is 69.4 Å². The Morgan fingerprint density at radius 2 is 2.00 bits per heavy atom. The van der Waals surface area contributed by atoms with Crippen molar-refractivity contribution in [1.82, 2.24) is 0 Å². The quantitative estimate of drug-likeness (QED) is 0.242. The zero-order valence-corrected chi connectivity index (χ0v) is 15.6. The highest BCUT2D eigenvalue weighted by atomic mass is 16.6. The van der Waals surface area contributed by atoms with Crippen molar-refractivity contribution < 1.29 is 28.7 Å². The lowest BCUT2D eigenvalue weighted by Crippen LogP contribution is -2.07. The predicted octanol–water partition coefficient (Wildman–Crippen LogP) is 3.26. The summed E-state index contributed by atoms with van der Waals surface area (Å²) in [6.07, 6.45) is 1.45. The largest absolute Gasteiger partial charge is 0.490 e. The molecule has 1 heterocycles. The minimum atomic E-state index is -0.736. The van der Waals surface area contributed by atoms with E-state index in [0.29, 0.717) is 17.9 Å². The van der Waals surface area contributed by atoms with Crippen LogP contribution in [0.2, 0.25) is 0 Å². The fourth-order valence-corrected chi connectivity index (χ4v) is 2.62. The monoisotopic (exact) mass is 396 g/mol. The first-order valence-electron chi connectivity index (χ1n) is 8.60. The maximum absolute atomic E-state index is 12.2. The number of hydrogen-bond donors (Lipinski definition) is 0. The van der Waals surface area contributed by atoms with Gasteiger partial charge in [-0.15, -0.1) is 0 Å². The maximum Gasteiger partial charge on any atom is 0.363 e. The number of ether oxygens (including phenoxy) is 3. The van der Waals surface area contributed by atoms with E-state index < -0.39 is 16.9 Å². The first kappa shape index (κ1) is 19.7. The number of carbonyl (C=O) groups is 2. The van der Waals surface area contributed by atoms with E-state index in [-0.39, 0.29) is 28.6 Å². The summed E-state index contributed by atoms with van der Waals surface area (Å²) in [5, 5.41) is 11.2. The molecular formula is C20H16N2O7. The molecule has 0 aliphatic carbocycles. The molecular weight excluding hydrogens is 380 g/mol. The summed E-state index contributed by atoms with van der Waals surface area (Å²) in [7, 11) is 0. The van der Waals surface area contributed by atoms with Gasteiger partial charge in [-0.2, -0.15) is 0 Å². The molecule has 0 saturated carbocycles. The molecule has 0 N–H and O–H groups in total. The van der Waals surface area contributed by atoms with Crippen molar-refractivity contribution in [2.45, 2.75) is 13.8 Å². The number of cyclic esters (lactones) is 1. The van der Waals surface area contributed by atoms with Crippen molar-refractivity contribution in [3.63, 3.8) is 0 Å². The van der Waals surface area contributed by atoms with Gasteiger partial charge in [0.25, 0.3) is 5.69 Å². The van der Waals surface area contributed by atoms with Crippen LogP contribution in [-0.4, -0.2) is 29.4 Å². The van der Waals surface area contributed by atoms with Gasteiger partial charge in [0.05, 0.1) is 11.5 Å². The molecule has 9 nitrogen and oxygen atoms in total. The van der Waals surface area contributed by atoms with Crippen molar-refractivity contribution in [3.8, 4) is 11.5 Å². The molecule has 148 valence electrons. The van der Waals surface area contributed by atoms with E-state index in [1.54, 1.807) is 25.1 Å². The first-order valence-corrected chi connectivity index (χ1v) is 8.60. The molecule has 3 rings (SSSR count). The number of hydrogen-bond acceptors (Lipinski definition) is 8. The third-order valence-corrected chi connectivity index (χ3v) is 3.78. The molecule has 0 unspecified atom stereocenters. The van der Waals surface area contributed by atoms with E-state index in [0.717, 1.165) is 0 Å². The standard InChI is InChI=1S/C20H16N2O7/c1-3-27-18-11-13(8-9-17(18)28-12(2)23)10-15-20(24)29-19(21-15)14-6-4-5-7-16(14)22(25)26/h4-11H,3H2,1-2H3. The van der Waals surface area contributed by atoms with Crippen LogP contribution >= 0.6 is 0 Å². The Morgan fingerprint density at radius 3 is 2.69 bits per heavy atom. The lowest BCUT2D eigenvalue weighted by atomic mass is 10.1. The lowest BCUT2D eigenvalue weighted by Gasteiger charge is -2.10. The number of nitro groups is 1. The Morgan fingerprint density at radius 1 is 1.24 bits per heavy atom. The Kier molecular flexibility index (Phi) is 5.68. The van der Waals surface area contributed by atoms with Gasteiger partial charge in [-0.3, -0.25) is 14.9 Å². The van der Waals surface area contributed by atoms with E-state index in [9.17, 15) is 19.7 Å². The molecule has 0 spiro atoms. The van der Waals surface area contributed by atoms with E-state index in [1.165, 1.54) is 37.3 Å². The van der Waals surface area contributed by atoms with Gasteiger partial charge in [-0.05, 0) is 36.8 Å². The maximum atomic E-state index is 12.2. The molecule has 0 atom stereocenters. The highest BCUT2D eigenvalue weighted by Crippen LogP contribution is 2.31. The fourth-order valence-electron chi connectivity index (χ4n) is 2.62. The van der Waals surface area contributed by atoms with E-state index >= 15 is 0 Å². The number of nitrogens with zero attached hydrogens (tertiary/aromatic N) is 2. The van der Waals surface area contributed by atoms with Crippen molar-refractivity contribution in [2.24, 2.45) is 4.99 Å². The van der Waals surface area contributed by atoms with Crippen molar-refractivity contribution >= 4 is 29.6 Å². The van der Waals surface area contributed by atoms with Crippen LogP contribution in [0.15, 0.2) is 53.2 Å². The molecule has 1 aliphatic heterocycles. The highest BCUT2D eigenvalue weighted by Gasteiger charge is 2.29. The van der Waals surface area contributed by atoms with Crippen LogP contribution in [0.1, 0.15) is 25.0 Å². The third-order valence-electron chi connectivity index (χ3n) is 3.78. The van der Waals surface area contributed by atoms with Crippen LogP contribution in [-0.2, 0) is 14.3 Å². The SMILES string of the molecule is CCOc1cc(C=C2N=C(c3ccccc3[N+](=O)[O-])OC2=O)ccc1OC(C)=O. The summed E-state index contributed by atoms with van der Waals surface area (Å²) in [5.41, 5.74) is 0.406. The van der Waals surface area contributed by atoms with Crippen molar-refractivity contribution in [2.75, 3.05) is 6.61 Å². The summed E-state index contributed by atoms with van der Waals surface area (Å²) in [6.45, 7) is 3.40. The molecule has 0 saturated heterocycles. The molecule has 29 heavy (non-hydrogen) atoms. The van der Waals surface area contributed by atoms with Gasteiger partial charge in [0.1, 0.15) is 5.56 Å². The number of benzene rings is 2. The first-order chi connectivity index (χ1) is 13.9. The minimum absolute atomic E-state index is 0.0270. The zero-order valence-electron chi connectivity index (χ0n) is 15.6. The van der Waals surface area contributed by atoms with Crippen LogP contribution in [0.4, 0.5) is 5.69 Å². The number of esters is 2. The molecule has 9 heteroatoms. The Hall–Kier alpha value is -4.01. The van der Waals surface area contributed by atoms with E-state index in [2.05, 4.69) is 4.99 Å². The summed E-state index contributed by atoms with van der Waals surface area (Å²) in [4.78, 5) is 38.1. The fraction of sp³-hybridized carbons (Fsp3) is 0.150. The van der Waals surface area contributed by atoms with Gasteiger partial charge >= 0.3 is 11.9 Å². The highest BCUT2D eigenvalue weighted by molar-refractivity contribution is 6.14. The molecule has 0 bridgehead atoms. The van der Waals surface area contributed by atoms with Crippen molar-refractivity contribution in [1.29, 1.82) is 0 Å². The number of nitro benzene ring substituents is 1. The van der Waals surface area contributed by atoms with Crippen LogP contribution in [0.5, 0.6) is 11.5 Å². The predicted molar refractivity (Wildman–Crippen MR) is 103 cm³/mol. The van der Waals surface area contributed by atoms with Crippen LogP contribution < -0.4 is 9.47 Å². The minimum Gasteiger partial charge on any atom is -0.490 e. The normalized spacial score (nSPS) is 14.3. The van der Waals surface area contributed by atoms with Gasteiger partial charge in [0.2, 0.25) is 5.90 Å². The molecule has 2 aromatic rings. The van der Waals surface area contributed by atoms with Gasteiger partial charge < -0.3 is 14.2 Å². The average molecular weight is 396 g/mol. The number of carbonyl (C=O) groups excluding carboxylic acids is 2. The van der Waals surface area contributed by atoms with E-state index in [1.807, 2.05) is 0 Å². The number of rotatable bonds is 6. The van der Waals surface area contributed by atoms with Crippen LogP contribution in [0.25, 0.3) is 6.08 Å². The molecule has 0 radical (unpaired) electrons. The molecule has 2 aromatic carbocycles. The molecule has 0 fully saturated rings. The lowest BCUT2D eigenvalue weighted by molar-refractivity contribution is -0.385. The van der Waals surface area contributed by atoms with Crippen LogP contribution in [0, 0.1) is 10.1 Å². The van der Waals surface area contributed by atoms with E-state index in [4.69, 9.17) is 14.2 Å². The summed E-state index contributed by atoms with van der Waals surface area (Å²) in [6, 6.07) is 10.6. The number of aliphatic imine (C=N–C) groups is 1. The molecule has 0 aromatic heterocycles. The Labute approximate surface area is 165 Å². The second kappa shape index (κ2) is 8.34. The second-order valence-electron chi connectivity index (χ2n) is 5.84. The Balaban J connectivity index is 1.96. The summed E-state index contributed by atoms with van der Waals surface area (Å²) < 4.78 is 15.7. The smallest absolute Gasteiger partial charge is 0.363 e. The zero-order chi connectivity index (χ0) is 21.0. The van der Waals surface area contributed by atoms with Gasteiger partial charge in [0.15, 0.2) is 17.2 Å². The third kappa shape index (κ3) is 4.46. The summed E-state index contributed by atoms with van der Waals surface area (Å²) >= 11 is 0.